The van der Waals surface area contributed by atoms with Crippen LogP contribution in [0.3, 0.4) is 0 Å². The molecule has 1 saturated heterocycles. The summed E-state index contributed by atoms with van der Waals surface area (Å²) < 4.78 is 12.4. The van der Waals surface area contributed by atoms with Crippen LogP contribution in [0.1, 0.15) is 52.1 Å². The normalized spacial score (nSPS) is 23.2. The van der Waals surface area contributed by atoms with Gasteiger partial charge in [-0.05, 0) is 62.8 Å². The minimum absolute atomic E-state index is 0.318. The second kappa shape index (κ2) is 4.56. The number of hydrogen-bond donors (Lipinski definition) is 0. The molecule has 1 aromatic heterocycles. The van der Waals surface area contributed by atoms with Crippen LogP contribution in [0, 0.1) is 0 Å². The number of rotatable bonds is 2. The van der Waals surface area contributed by atoms with Crippen molar-refractivity contribution in [2.24, 2.45) is 0 Å². The van der Waals surface area contributed by atoms with Gasteiger partial charge in [-0.25, -0.2) is 0 Å². The minimum atomic E-state index is -0.331. The van der Waals surface area contributed by atoms with Crippen molar-refractivity contribution < 1.29 is 9.31 Å². The lowest BCUT2D eigenvalue weighted by Crippen LogP contribution is -2.41. The van der Waals surface area contributed by atoms with Gasteiger partial charge in [0.1, 0.15) is 0 Å². The van der Waals surface area contributed by atoms with Crippen LogP contribution in [0.15, 0.2) is 30.5 Å². The van der Waals surface area contributed by atoms with Gasteiger partial charge in [-0.15, -0.1) is 0 Å². The monoisotopic (exact) mass is 295 g/mol. The second-order valence-corrected chi connectivity index (χ2v) is 7.54. The standard InChI is InChI=1S/C18H22BNO2/c1-17(2)18(3,4)22-19(21-17)15-7-5-6-13-10-16(12-8-9-12)20-11-14(13)15/h5-7,10-12H,8-9H2,1-4H3. The molecule has 1 aliphatic carbocycles. The van der Waals surface area contributed by atoms with Gasteiger partial charge < -0.3 is 9.31 Å². The number of benzene rings is 1. The van der Waals surface area contributed by atoms with E-state index in [4.69, 9.17) is 9.31 Å². The maximum absolute atomic E-state index is 6.20. The molecule has 0 spiro atoms. The van der Waals surface area contributed by atoms with E-state index >= 15 is 0 Å². The van der Waals surface area contributed by atoms with Crippen molar-refractivity contribution in [3.63, 3.8) is 0 Å². The van der Waals surface area contributed by atoms with Crippen molar-refractivity contribution in [2.45, 2.75) is 57.7 Å². The third kappa shape index (κ3) is 2.17. The molecule has 0 unspecified atom stereocenters. The van der Waals surface area contributed by atoms with Crippen LogP contribution >= 0.6 is 0 Å². The zero-order valence-electron chi connectivity index (χ0n) is 13.7. The number of nitrogens with zero attached hydrogens (tertiary/aromatic N) is 1. The van der Waals surface area contributed by atoms with Gasteiger partial charge in [-0.2, -0.15) is 0 Å². The Morgan fingerprint density at radius 1 is 1.09 bits per heavy atom. The smallest absolute Gasteiger partial charge is 0.399 e. The molecule has 1 aliphatic heterocycles. The molecule has 3 nitrogen and oxygen atoms in total. The molecule has 114 valence electrons. The van der Waals surface area contributed by atoms with Gasteiger partial charge in [0.25, 0.3) is 0 Å². The van der Waals surface area contributed by atoms with Gasteiger partial charge in [0, 0.05) is 17.8 Å². The highest BCUT2D eigenvalue weighted by Gasteiger charge is 2.52. The van der Waals surface area contributed by atoms with Gasteiger partial charge in [-0.1, -0.05) is 18.2 Å². The lowest BCUT2D eigenvalue weighted by Gasteiger charge is -2.32. The Kier molecular flexibility index (Phi) is 2.95. The van der Waals surface area contributed by atoms with E-state index in [2.05, 4.69) is 56.9 Å². The van der Waals surface area contributed by atoms with Crippen molar-refractivity contribution in [1.29, 1.82) is 0 Å². The zero-order valence-corrected chi connectivity index (χ0v) is 13.7. The Bertz CT molecular complexity index is 721. The summed E-state index contributed by atoms with van der Waals surface area (Å²) >= 11 is 0. The number of pyridine rings is 1. The third-order valence-corrected chi connectivity index (χ3v) is 5.32. The van der Waals surface area contributed by atoms with Crippen molar-refractivity contribution in [3.05, 3.63) is 36.2 Å². The molecule has 0 N–H and O–H groups in total. The quantitative estimate of drug-likeness (QED) is 0.796. The van der Waals surface area contributed by atoms with E-state index in [9.17, 15) is 0 Å². The molecular formula is C18H22BNO2. The Hall–Kier alpha value is -1.39. The molecule has 2 fully saturated rings. The van der Waals surface area contributed by atoms with Crippen LogP contribution in [0.25, 0.3) is 10.8 Å². The van der Waals surface area contributed by atoms with Crippen LogP contribution in [-0.4, -0.2) is 23.3 Å². The molecule has 2 aromatic rings. The van der Waals surface area contributed by atoms with E-state index in [0.717, 1.165) is 10.8 Å². The summed E-state index contributed by atoms with van der Waals surface area (Å²) in [6.45, 7) is 8.34. The van der Waals surface area contributed by atoms with Crippen molar-refractivity contribution in [2.75, 3.05) is 0 Å². The topological polar surface area (TPSA) is 31.4 Å². The molecule has 1 aromatic carbocycles. The summed E-state index contributed by atoms with van der Waals surface area (Å²) in [6.07, 6.45) is 4.54. The first-order valence-corrected chi connectivity index (χ1v) is 8.12. The molecule has 0 atom stereocenters. The lowest BCUT2D eigenvalue weighted by atomic mass is 9.76. The second-order valence-electron chi connectivity index (χ2n) is 7.54. The number of fused-ring (bicyclic) bond motifs is 1. The summed E-state index contributed by atoms with van der Waals surface area (Å²) in [5.74, 6) is 0.671. The highest BCUT2D eigenvalue weighted by atomic mass is 16.7. The van der Waals surface area contributed by atoms with Gasteiger partial charge in [0.2, 0.25) is 0 Å². The van der Waals surface area contributed by atoms with E-state index in [1.165, 1.54) is 23.9 Å². The maximum Gasteiger partial charge on any atom is 0.495 e. The van der Waals surface area contributed by atoms with Gasteiger partial charge >= 0.3 is 7.12 Å². The molecule has 22 heavy (non-hydrogen) atoms. The minimum Gasteiger partial charge on any atom is -0.399 e. The van der Waals surface area contributed by atoms with Crippen molar-refractivity contribution in [3.8, 4) is 0 Å². The lowest BCUT2D eigenvalue weighted by molar-refractivity contribution is 0.00578. The molecule has 4 rings (SSSR count). The highest BCUT2D eigenvalue weighted by molar-refractivity contribution is 6.65. The largest absolute Gasteiger partial charge is 0.495 e. The van der Waals surface area contributed by atoms with Crippen LogP contribution < -0.4 is 5.46 Å². The Balaban J connectivity index is 1.76. The molecule has 2 aliphatic rings. The number of aromatic nitrogens is 1. The molecule has 4 heteroatoms. The van der Waals surface area contributed by atoms with E-state index < -0.39 is 0 Å². The fraction of sp³-hybridized carbons (Fsp3) is 0.500. The highest BCUT2D eigenvalue weighted by Crippen LogP contribution is 2.40. The van der Waals surface area contributed by atoms with Crippen LogP contribution in [0.2, 0.25) is 0 Å². The van der Waals surface area contributed by atoms with E-state index in [1.54, 1.807) is 0 Å². The van der Waals surface area contributed by atoms with E-state index in [0.29, 0.717) is 5.92 Å². The summed E-state index contributed by atoms with van der Waals surface area (Å²) in [6, 6.07) is 8.54. The molecule has 0 bridgehead atoms. The average molecular weight is 295 g/mol. The predicted molar refractivity (Wildman–Crippen MR) is 89.4 cm³/mol. The van der Waals surface area contributed by atoms with Crippen LogP contribution in [0.4, 0.5) is 0 Å². The van der Waals surface area contributed by atoms with E-state index in [1.807, 2.05) is 6.20 Å². The Morgan fingerprint density at radius 2 is 1.77 bits per heavy atom. The fourth-order valence-electron chi connectivity index (χ4n) is 2.99. The molecule has 0 amide bonds. The van der Waals surface area contributed by atoms with Gasteiger partial charge in [0.05, 0.1) is 11.2 Å². The predicted octanol–water partition coefficient (Wildman–Crippen LogP) is 3.41. The average Bonchev–Trinajstić information content (AvgIpc) is 3.26. The first kappa shape index (κ1) is 14.2. The van der Waals surface area contributed by atoms with Crippen LogP contribution in [0.5, 0.6) is 0 Å². The summed E-state index contributed by atoms with van der Waals surface area (Å²) in [5.41, 5.74) is 1.66. The zero-order chi connectivity index (χ0) is 15.5. The van der Waals surface area contributed by atoms with Gasteiger partial charge in [-0.3, -0.25) is 4.98 Å². The Morgan fingerprint density at radius 3 is 2.41 bits per heavy atom. The molecule has 1 saturated carbocycles. The number of hydrogen-bond acceptors (Lipinski definition) is 3. The maximum atomic E-state index is 6.20. The van der Waals surface area contributed by atoms with Gasteiger partial charge in [0.15, 0.2) is 0 Å². The van der Waals surface area contributed by atoms with Crippen LogP contribution in [-0.2, 0) is 9.31 Å². The molecule has 2 heterocycles. The first-order chi connectivity index (χ1) is 10.4. The third-order valence-electron chi connectivity index (χ3n) is 5.32. The van der Waals surface area contributed by atoms with E-state index in [-0.39, 0.29) is 18.3 Å². The van der Waals surface area contributed by atoms with Crippen molar-refractivity contribution in [1.82, 2.24) is 4.98 Å². The SMILES string of the molecule is CC1(C)OB(c2cccc3cc(C4CC4)ncc23)OC1(C)C. The van der Waals surface area contributed by atoms with Crippen molar-refractivity contribution >= 4 is 23.4 Å². The first-order valence-electron chi connectivity index (χ1n) is 8.12. The summed E-state index contributed by atoms with van der Waals surface area (Å²) in [7, 11) is -0.331. The molecular weight excluding hydrogens is 273 g/mol. The molecule has 0 radical (unpaired) electrons. The summed E-state index contributed by atoms with van der Waals surface area (Å²) in [4.78, 5) is 4.66. The summed E-state index contributed by atoms with van der Waals surface area (Å²) in [5, 5.41) is 2.36. The Labute approximate surface area is 132 Å². The fourth-order valence-corrected chi connectivity index (χ4v) is 2.99.